The SMILES string of the molecule is CCC(CCO)CNS(=O)(=O)c1cc(Cl)cc(Br)c1OC. The third-order valence-corrected chi connectivity index (χ3v) is 5.38. The van der Waals surface area contributed by atoms with E-state index in [9.17, 15) is 8.42 Å². The average molecular weight is 401 g/mol. The summed E-state index contributed by atoms with van der Waals surface area (Å²) in [6.45, 7) is 2.24. The minimum absolute atomic E-state index is 0.0109. The van der Waals surface area contributed by atoms with Crippen LogP contribution in [-0.4, -0.2) is 33.8 Å². The smallest absolute Gasteiger partial charge is 0.244 e. The van der Waals surface area contributed by atoms with Gasteiger partial charge in [0.15, 0.2) is 5.75 Å². The van der Waals surface area contributed by atoms with Gasteiger partial charge in [0.05, 0.1) is 11.6 Å². The summed E-state index contributed by atoms with van der Waals surface area (Å²) in [5.74, 6) is 0.292. The molecule has 0 aliphatic rings. The number of aliphatic hydroxyl groups is 1. The van der Waals surface area contributed by atoms with Gasteiger partial charge < -0.3 is 9.84 Å². The molecule has 1 aromatic rings. The number of methoxy groups -OCH3 is 1. The van der Waals surface area contributed by atoms with Crippen LogP contribution in [0.5, 0.6) is 5.75 Å². The van der Waals surface area contributed by atoms with Crippen LogP contribution >= 0.6 is 27.5 Å². The van der Waals surface area contributed by atoms with Gasteiger partial charge in [0.2, 0.25) is 10.0 Å². The molecule has 1 unspecified atom stereocenters. The minimum Gasteiger partial charge on any atom is -0.494 e. The maximum absolute atomic E-state index is 12.4. The minimum atomic E-state index is -3.74. The van der Waals surface area contributed by atoms with Crippen molar-refractivity contribution in [3.05, 3.63) is 21.6 Å². The molecule has 120 valence electrons. The molecule has 0 heterocycles. The second-order valence-electron chi connectivity index (χ2n) is 4.56. The highest BCUT2D eigenvalue weighted by Gasteiger charge is 2.23. The van der Waals surface area contributed by atoms with Crippen molar-refractivity contribution in [2.24, 2.45) is 5.92 Å². The van der Waals surface area contributed by atoms with Crippen LogP contribution in [0.1, 0.15) is 19.8 Å². The normalized spacial score (nSPS) is 13.2. The quantitative estimate of drug-likeness (QED) is 0.703. The second kappa shape index (κ2) is 8.33. The van der Waals surface area contributed by atoms with Crippen LogP contribution in [-0.2, 0) is 10.0 Å². The Morgan fingerprint density at radius 3 is 2.67 bits per heavy atom. The van der Waals surface area contributed by atoms with E-state index >= 15 is 0 Å². The number of ether oxygens (including phenoxy) is 1. The molecule has 0 radical (unpaired) electrons. The molecule has 5 nitrogen and oxygen atoms in total. The van der Waals surface area contributed by atoms with E-state index in [0.29, 0.717) is 15.9 Å². The molecule has 0 spiro atoms. The molecule has 0 saturated carbocycles. The van der Waals surface area contributed by atoms with Crippen molar-refractivity contribution in [1.29, 1.82) is 0 Å². The van der Waals surface area contributed by atoms with E-state index < -0.39 is 10.0 Å². The number of hydrogen-bond acceptors (Lipinski definition) is 4. The molecule has 21 heavy (non-hydrogen) atoms. The molecule has 0 amide bonds. The fraction of sp³-hybridized carbons (Fsp3) is 0.538. The third kappa shape index (κ3) is 5.10. The van der Waals surface area contributed by atoms with Crippen LogP contribution in [0.15, 0.2) is 21.5 Å². The highest BCUT2D eigenvalue weighted by atomic mass is 79.9. The van der Waals surface area contributed by atoms with Gasteiger partial charge in [0, 0.05) is 18.2 Å². The zero-order valence-corrected chi connectivity index (χ0v) is 15.1. The van der Waals surface area contributed by atoms with Gasteiger partial charge >= 0.3 is 0 Å². The van der Waals surface area contributed by atoms with Gasteiger partial charge in [-0.1, -0.05) is 24.9 Å². The number of aliphatic hydroxyl groups excluding tert-OH is 1. The van der Waals surface area contributed by atoms with Gasteiger partial charge in [-0.2, -0.15) is 0 Å². The lowest BCUT2D eigenvalue weighted by atomic mass is 10.0. The molecule has 0 bridgehead atoms. The zero-order chi connectivity index (χ0) is 16.0. The Morgan fingerprint density at radius 2 is 2.14 bits per heavy atom. The van der Waals surface area contributed by atoms with Crippen LogP contribution < -0.4 is 9.46 Å². The molecule has 1 atom stereocenters. The average Bonchev–Trinajstić information content (AvgIpc) is 2.42. The summed E-state index contributed by atoms with van der Waals surface area (Å²) < 4.78 is 33.0. The van der Waals surface area contributed by atoms with Gasteiger partial charge in [-0.15, -0.1) is 0 Å². The first-order valence-electron chi connectivity index (χ1n) is 6.49. The number of benzene rings is 1. The van der Waals surface area contributed by atoms with E-state index in [1.807, 2.05) is 6.92 Å². The Labute approximate surface area is 138 Å². The molecule has 1 rings (SSSR count). The monoisotopic (exact) mass is 399 g/mol. The fourth-order valence-electron chi connectivity index (χ4n) is 1.87. The molecule has 8 heteroatoms. The lowest BCUT2D eigenvalue weighted by Gasteiger charge is -2.16. The second-order valence-corrected chi connectivity index (χ2v) is 7.58. The van der Waals surface area contributed by atoms with Crippen LogP contribution in [0.3, 0.4) is 0 Å². The van der Waals surface area contributed by atoms with Gasteiger partial charge in [-0.05, 0) is 40.4 Å². The molecule has 2 N–H and O–H groups in total. The first-order chi connectivity index (χ1) is 9.85. The lowest BCUT2D eigenvalue weighted by molar-refractivity contribution is 0.254. The van der Waals surface area contributed by atoms with Crippen LogP contribution in [0.4, 0.5) is 0 Å². The van der Waals surface area contributed by atoms with Gasteiger partial charge in [-0.25, -0.2) is 13.1 Å². The summed E-state index contributed by atoms with van der Waals surface area (Å²) in [4.78, 5) is -0.0109. The highest BCUT2D eigenvalue weighted by molar-refractivity contribution is 9.10. The van der Waals surface area contributed by atoms with Crippen molar-refractivity contribution >= 4 is 37.6 Å². The fourth-order valence-corrected chi connectivity index (χ4v) is 4.37. The van der Waals surface area contributed by atoms with E-state index in [1.165, 1.54) is 13.2 Å². The van der Waals surface area contributed by atoms with Gasteiger partial charge in [-0.3, -0.25) is 0 Å². The highest BCUT2D eigenvalue weighted by Crippen LogP contribution is 2.35. The lowest BCUT2D eigenvalue weighted by Crippen LogP contribution is -2.30. The molecule has 0 aliphatic heterocycles. The Bertz CT molecular complexity index is 580. The van der Waals surface area contributed by atoms with Gasteiger partial charge in [0.25, 0.3) is 0 Å². The predicted octanol–water partition coefficient (Wildman–Crippen LogP) is 2.80. The summed E-state index contributed by atoms with van der Waals surface area (Å²) in [5.41, 5.74) is 0. The van der Waals surface area contributed by atoms with Crippen LogP contribution in [0.2, 0.25) is 5.02 Å². The standard InChI is InChI=1S/C13H19BrClNO4S/c1-3-9(4-5-17)8-16-21(18,19)12-7-10(15)6-11(14)13(12)20-2/h6-7,9,16-17H,3-5,8H2,1-2H3. The van der Waals surface area contributed by atoms with Crippen molar-refractivity contribution in [3.63, 3.8) is 0 Å². The first-order valence-corrected chi connectivity index (χ1v) is 9.14. The van der Waals surface area contributed by atoms with Crippen molar-refractivity contribution < 1.29 is 18.3 Å². The third-order valence-electron chi connectivity index (χ3n) is 3.14. The van der Waals surface area contributed by atoms with E-state index in [2.05, 4.69) is 20.7 Å². The Hall–Kier alpha value is -0.340. The topological polar surface area (TPSA) is 75.6 Å². The van der Waals surface area contributed by atoms with Gasteiger partial charge in [0.1, 0.15) is 4.90 Å². The van der Waals surface area contributed by atoms with Crippen LogP contribution in [0, 0.1) is 5.92 Å². The van der Waals surface area contributed by atoms with Crippen molar-refractivity contribution in [3.8, 4) is 5.75 Å². The first kappa shape index (κ1) is 18.7. The molecular weight excluding hydrogens is 382 g/mol. The Kier molecular flexibility index (Phi) is 7.42. The van der Waals surface area contributed by atoms with Crippen molar-refractivity contribution in [2.75, 3.05) is 20.3 Å². The number of rotatable bonds is 8. The number of halogens is 2. The molecule has 0 saturated heterocycles. The molecule has 0 aliphatic carbocycles. The van der Waals surface area contributed by atoms with Crippen LogP contribution in [0.25, 0.3) is 0 Å². The van der Waals surface area contributed by atoms with E-state index in [1.54, 1.807) is 6.07 Å². The number of nitrogens with one attached hydrogen (secondary N) is 1. The number of sulfonamides is 1. The largest absolute Gasteiger partial charge is 0.494 e. The summed E-state index contributed by atoms with van der Waals surface area (Å²) in [6, 6.07) is 2.92. The summed E-state index contributed by atoms with van der Waals surface area (Å²) in [5, 5.41) is 9.25. The molecular formula is C13H19BrClNO4S. The summed E-state index contributed by atoms with van der Waals surface area (Å²) >= 11 is 9.15. The van der Waals surface area contributed by atoms with E-state index in [4.69, 9.17) is 21.4 Å². The molecule has 1 aromatic carbocycles. The Morgan fingerprint density at radius 1 is 1.48 bits per heavy atom. The van der Waals surface area contributed by atoms with Crippen molar-refractivity contribution in [2.45, 2.75) is 24.7 Å². The van der Waals surface area contributed by atoms with E-state index in [-0.39, 0.29) is 29.7 Å². The van der Waals surface area contributed by atoms with Crippen molar-refractivity contribution in [1.82, 2.24) is 4.72 Å². The maximum Gasteiger partial charge on any atom is 0.244 e. The zero-order valence-electron chi connectivity index (χ0n) is 11.9. The molecule has 0 aromatic heterocycles. The summed E-state index contributed by atoms with van der Waals surface area (Å²) in [6.07, 6.45) is 1.33. The summed E-state index contributed by atoms with van der Waals surface area (Å²) in [7, 11) is -2.35. The Balaban J connectivity index is 3.03. The predicted molar refractivity (Wildman–Crippen MR) is 86.4 cm³/mol. The maximum atomic E-state index is 12.4. The molecule has 0 fully saturated rings. The van der Waals surface area contributed by atoms with E-state index in [0.717, 1.165) is 6.42 Å². The number of hydrogen-bond donors (Lipinski definition) is 2.